The quantitative estimate of drug-likeness (QED) is 0.630. The van der Waals surface area contributed by atoms with Crippen molar-refractivity contribution in [2.45, 2.75) is 45.4 Å². The van der Waals surface area contributed by atoms with Crippen LogP contribution in [0.4, 0.5) is 0 Å². The molecule has 0 aromatic carbocycles. The summed E-state index contributed by atoms with van der Waals surface area (Å²) in [6.45, 7) is 5.13. The summed E-state index contributed by atoms with van der Waals surface area (Å²) in [7, 11) is 1.68. The van der Waals surface area contributed by atoms with E-state index in [2.05, 4.69) is 17.6 Å². The molecule has 0 radical (unpaired) electrons. The van der Waals surface area contributed by atoms with Gasteiger partial charge in [0.15, 0.2) is 0 Å². The molecule has 19 heavy (non-hydrogen) atoms. The Morgan fingerprint density at radius 2 is 1.89 bits per heavy atom. The van der Waals surface area contributed by atoms with E-state index >= 15 is 0 Å². The smallest absolute Gasteiger partial charge is 0.233 e. The van der Waals surface area contributed by atoms with Crippen LogP contribution in [0.25, 0.3) is 0 Å². The molecule has 1 amide bonds. The van der Waals surface area contributed by atoms with Gasteiger partial charge in [-0.3, -0.25) is 4.79 Å². The lowest BCUT2D eigenvalue weighted by molar-refractivity contribution is -0.120. The molecule has 0 bridgehead atoms. The Labute approximate surface area is 117 Å². The molecule has 112 valence electrons. The van der Waals surface area contributed by atoms with E-state index in [4.69, 9.17) is 4.74 Å². The molecule has 1 saturated carbocycles. The van der Waals surface area contributed by atoms with Crippen LogP contribution in [0, 0.1) is 11.8 Å². The second-order valence-corrected chi connectivity index (χ2v) is 5.62. The highest BCUT2D eigenvalue weighted by Gasteiger charge is 2.19. The predicted molar refractivity (Wildman–Crippen MR) is 78.1 cm³/mol. The van der Waals surface area contributed by atoms with Gasteiger partial charge in [-0.05, 0) is 37.6 Å². The van der Waals surface area contributed by atoms with Gasteiger partial charge in [-0.1, -0.05) is 26.2 Å². The van der Waals surface area contributed by atoms with Crippen molar-refractivity contribution < 1.29 is 9.53 Å². The normalized spacial score (nSPS) is 23.3. The average molecular weight is 270 g/mol. The van der Waals surface area contributed by atoms with Crippen LogP contribution >= 0.6 is 0 Å². The third-order valence-corrected chi connectivity index (χ3v) is 4.11. The van der Waals surface area contributed by atoms with Gasteiger partial charge < -0.3 is 15.4 Å². The Bertz CT molecular complexity index is 238. The van der Waals surface area contributed by atoms with Gasteiger partial charge in [-0.25, -0.2) is 0 Å². The van der Waals surface area contributed by atoms with E-state index < -0.39 is 0 Å². The number of hydrogen-bond donors (Lipinski definition) is 2. The zero-order valence-electron chi connectivity index (χ0n) is 12.5. The lowest BCUT2D eigenvalue weighted by Crippen LogP contribution is -2.37. The number of methoxy groups -OCH3 is 1. The topological polar surface area (TPSA) is 50.4 Å². The summed E-state index contributed by atoms with van der Waals surface area (Å²) in [6, 6.07) is 0. The largest absolute Gasteiger partial charge is 0.385 e. The van der Waals surface area contributed by atoms with Gasteiger partial charge in [-0.15, -0.1) is 0 Å². The van der Waals surface area contributed by atoms with Gasteiger partial charge in [-0.2, -0.15) is 0 Å². The van der Waals surface area contributed by atoms with E-state index in [1.54, 1.807) is 7.11 Å². The minimum atomic E-state index is 0.0957. The molecule has 0 heterocycles. The molecule has 1 aliphatic rings. The second kappa shape index (κ2) is 10.2. The summed E-state index contributed by atoms with van der Waals surface area (Å²) in [4.78, 5) is 11.5. The molecule has 2 N–H and O–H groups in total. The first-order valence-electron chi connectivity index (χ1n) is 7.72. The molecule has 0 aromatic rings. The Morgan fingerprint density at radius 1 is 1.21 bits per heavy atom. The van der Waals surface area contributed by atoms with Crippen molar-refractivity contribution in [2.24, 2.45) is 11.8 Å². The fraction of sp³-hybridized carbons (Fsp3) is 0.933. The van der Waals surface area contributed by atoms with Gasteiger partial charge in [0.2, 0.25) is 5.91 Å². The standard InChI is InChI=1S/C15H30N2O2/c1-3-13-5-7-14(8-6-13)11-16-12-15(18)17-9-4-10-19-2/h13-14,16H,3-12H2,1-2H3,(H,17,18). The van der Waals surface area contributed by atoms with E-state index in [1.165, 1.54) is 32.1 Å². The molecule has 0 atom stereocenters. The fourth-order valence-electron chi connectivity index (χ4n) is 2.74. The maximum Gasteiger partial charge on any atom is 0.233 e. The van der Waals surface area contributed by atoms with Crippen LogP contribution in [0.5, 0.6) is 0 Å². The maximum atomic E-state index is 11.5. The molecule has 0 saturated heterocycles. The van der Waals surface area contributed by atoms with Crippen molar-refractivity contribution in [1.29, 1.82) is 0 Å². The number of amides is 1. The van der Waals surface area contributed by atoms with Crippen LogP contribution in [0.1, 0.15) is 45.4 Å². The van der Waals surface area contributed by atoms with Crippen LogP contribution in [-0.2, 0) is 9.53 Å². The highest BCUT2D eigenvalue weighted by atomic mass is 16.5. The number of ether oxygens (including phenoxy) is 1. The number of nitrogens with one attached hydrogen (secondary N) is 2. The minimum Gasteiger partial charge on any atom is -0.385 e. The molecular weight excluding hydrogens is 240 g/mol. The van der Waals surface area contributed by atoms with E-state index in [0.29, 0.717) is 19.7 Å². The van der Waals surface area contributed by atoms with Crippen LogP contribution in [0.15, 0.2) is 0 Å². The summed E-state index contributed by atoms with van der Waals surface area (Å²) in [5.74, 6) is 1.81. The zero-order valence-corrected chi connectivity index (χ0v) is 12.5. The Balaban J connectivity index is 1.96. The van der Waals surface area contributed by atoms with E-state index in [-0.39, 0.29) is 5.91 Å². The van der Waals surface area contributed by atoms with Gasteiger partial charge in [0.25, 0.3) is 0 Å². The van der Waals surface area contributed by atoms with Crippen molar-refractivity contribution in [3.05, 3.63) is 0 Å². The minimum absolute atomic E-state index is 0.0957. The lowest BCUT2D eigenvalue weighted by Gasteiger charge is -2.27. The van der Waals surface area contributed by atoms with Crippen LogP contribution in [-0.4, -0.2) is 39.3 Å². The zero-order chi connectivity index (χ0) is 13.9. The number of hydrogen-bond acceptors (Lipinski definition) is 3. The molecule has 4 nitrogen and oxygen atoms in total. The summed E-state index contributed by atoms with van der Waals surface area (Å²) in [5, 5.41) is 6.18. The van der Waals surface area contributed by atoms with Crippen molar-refractivity contribution in [3.63, 3.8) is 0 Å². The SMILES string of the molecule is CCC1CCC(CNCC(=O)NCCCOC)CC1. The number of carbonyl (C=O) groups is 1. The van der Waals surface area contributed by atoms with Crippen molar-refractivity contribution >= 4 is 5.91 Å². The summed E-state index contributed by atoms with van der Waals surface area (Å²) in [5.41, 5.74) is 0. The van der Waals surface area contributed by atoms with Crippen LogP contribution < -0.4 is 10.6 Å². The first-order chi connectivity index (χ1) is 9.26. The molecule has 0 aromatic heterocycles. The van der Waals surface area contributed by atoms with Crippen LogP contribution in [0.3, 0.4) is 0 Å². The van der Waals surface area contributed by atoms with Crippen molar-refractivity contribution in [3.8, 4) is 0 Å². The van der Waals surface area contributed by atoms with Crippen LogP contribution in [0.2, 0.25) is 0 Å². The summed E-state index contributed by atoms with van der Waals surface area (Å²) in [6.07, 6.45) is 7.58. The first-order valence-corrected chi connectivity index (χ1v) is 7.72. The first kappa shape index (κ1) is 16.4. The molecule has 0 unspecified atom stereocenters. The third-order valence-electron chi connectivity index (χ3n) is 4.11. The molecule has 0 aliphatic heterocycles. The highest BCUT2D eigenvalue weighted by molar-refractivity contribution is 5.77. The Kier molecular flexibility index (Phi) is 8.84. The van der Waals surface area contributed by atoms with E-state index in [0.717, 1.165) is 24.8 Å². The van der Waals surface area contributed by atoms with Gasteiger partial charge in [0, 0.05) is 20.3 Å². The molecule has 0 spiro atoms. The molecule has 1 fully saturated rings. The van der Waals surface area contributed by atoms with Gasteiger partial charge >= 0.3 is 0 Å². The predicted octanol–water partition coefficient (Wildman–Crippen LogP) is 1.95. The monoisotopic (exact) mass is 270 g/mol. The molecule has 4 heteroatoms. The lowest BCUT2D eigenvalue weighted by atomic mass is 9.81. The summed E-state index contributed by atoms with van der Waals surface area (Å²) >= 11 is 0. The van der Waals surface area contributed by atoms with Gasteiger partial charge in [0.05, 0.1) is 6.54 Å². The molecular formula is C15H30N2O2. The maximum absolute atomic E-state index is 11.5. The molecule has 1 rings (SSSR count). The molecule has 1 aliphatic carbocycles. The average Bonchev–Trinajstić information content (AvgIpc) is 2.44. The number of carbonyl (C=O) groups excluding carboxylic acids is 1. The van der Waals surface area contributed by atoms with E-state index in [1.807, 2.05) is 0 Å². The highest BCUT2D eigenvalue weighted by Crippen LogP contribution is 2.29. The van der Waals surface area contributed by atoms with Crippen molar-refractivity contribution in [1.82, 2.24) is 10.6 Å². The number of rotatable bonds is 9. The summed E-state index contributed by atoms with van der Waals surface area (Å²) < 4.78 is 4.94. The van der Waals surface area contributed by atoms with Crippen molar-refractivity contribution in [2.75, 3.05) is 33.4 Å². The second-order valence-electron chi connectivity index (χ2n) is 5.62. The Morgan fingerprint density at radius 3 is 2.53 bits per heavy atom. The third kappa shape index (κ3) is 7.53. The fourth-order valence-corrected chi connectivity index (χ4v) is 2.74. The van der Waals surface area contributed by atoms with Gasteiger partial charge in [0.1, 0.15) is 0 Å². The Hall–Kier alpha value is -0.610. The van der Waals surface area contributed by atoms with E-state index in [9.17, 15) is 4.79 Å².